The lowest BCUT2D eigenvalue weighted by Crippen LogP contribution is -2.22. The number of sulfonamides is 1. The molecule has 2 aromatic heterocycles. The molecule has 3 rings (SSSR count). The maximum atomic E-state index is 13.2. The summed E-state index contributed by atoms with van der Waals surface area (Å²) < 4.78 is 34.0. The standard InChI is InChI=1S/C21H24N4O4S/c1-14-12-23-19(20(24-14)29-4)25-30(27,28)18-13-22-10-9-17(18)16-8-6-5-7-15(16)11-21(2,3)26/h5-10,12-13,26H,11H2,1-4H3,(H,23,25). The van der Waals surface area contributed by atoms with Gasteiger partial charge in [0.1, 0.15) is 4.90 Å². The fourth-order valence-electron chi connectivity index (χ4n) is 3.07. The Kier molecular flexibility index (Phi) is 6.04. The van der Waals surface area contributed by atoms with Crippen LogP contribution in [0.25, 0.3) is 11.1 Å². The van der Waals surface area contributed by atoms with E-state index in [0.29, 0.717) is 23.2 Å². The highest BCUT2D eigenvalue weighted by Gasteiger charge is 2.25. The number of nitrogens with zero attached hydrogens (tertiary/aromatic N) is 3. The normalized spacial score (nSPS) is 11.9. The number of aromatic nitrogens is 3. The maximum Gasteiger partial charge on any atom is 0.265 e. The first-order chi connectivity index (χ1) is 14.1. The van der Waals surface area contributed by atoms with Crippen LogP contribution in [0.4, 0.5) is 5.82 Å². The van der Waals surface area contributed by atoms with Gasteiger partial charge < -0.3 is 9.84 Å². The van der Waals surface area contributed by atoms with Crippen molar-refractivity contribution in [2.75, 3.05) is 11.8 Å². The molecule has 0 unspecified atom stereocenters. The van der Waals surface area contributed by atoms with E-state index in [9.17, 15) is 13.5 Å². The van der Waals surface area contributed by atoms with Gasteiger partial charge in [-0.1, -0.05) is 24.3 Å². The second-order valence-corrected chi connectivity index (χ2v) is 9.14. The molecule has 0 aliphatic carbocycles. The zero-order valence-corrected chi connectivity index (χ0v) is 18.1. The molecule has 0 bridgehead atoms. The zero-order valence-electron chi connectivity index (χ0n) is 17.2. The summed E-state index contributed by atoms with van der Waals surface area (Å²) in [5.74, 6) is 0.0640. The van der Waals surface area contributed by atoms with Gasteiger partial charge in [-0.15, -0.1) is 0 Å². The van der Waals surface area contributed by atoms with Crippen molar-refractivity contribution in [2.24, 2.45) is 0 Å². The largest absolute Gasteiger partial charge is 0.478 e. The van der Waals surface area contributed by atoms with Crippen LogP contribution in [0.5, 0.6) is 5.88 Å². The summed E-state index contributed by atoms with van der Waals surface area (Å²) >= 11 is 0. The lowest BCUT2D eigenvalue weighted by Gasteiger charge is -2.20. The van der Waals surface area contributed by atoms with Crippen LogP contribution in [-0.4, -0.2) is 41.2 Å². The molecule has 8 nitrogen and oxygen atoms in total. The number of hydrogen-bond donors (Lipinski definition) is 2. The van der Waals surface area contributed by atoms with Crippen LogP contribution in [0.1, 0.15) is 25.1 Å². The average molecular weight is 429 g/mol. The van der Waals surface area contributed by atoms with Crippen LogP contribution < -0.4 is 9.46 Å². The first-order valence-corrected chi connectivity index (χ1v) is 10.7. The highest BCUT2D eigenvalue weighted by Crippen LogP contribution is 2.32. The third-order valence-corrected chi connectivity index (χ3v) is 5.66. The summed E-state index contributed by atoms with van der Waals surface area (Å²) in [6.07, 6.45) is 4.62. The molecule has 0 saturated carbocycles. The van der Waals surface area contributed by atoms with Crippen molar-refractivity contribution < 1.29 is 18.3 Å². The average Bonchev–Trinajstić information content (AvgIpc) is 2.68. The number of nitrogens with one attached hydrogen (secondary N) is 1. The second-order valence-electron chi connectivity index (χ2n) is 7.49. The van der Waals surface area contributed by atoms with Crippen LogP contribution in [0, 0.1) is 6.92 Å². The van der Waals surface area contributed by atoms with Crippen LogP contribution in [0.3, 0.4) is 0 Å². The van der Waals surface area contributed by atoms with Gasteiger partial charge >= 0.3 is 0 Å². The van der Waals surface area contributed by atoms with Gasteiger partial charge in [0.15, 0.2) is 0 Å². The zero-order chi connectivity index (χ0) is 21.9. The van der Waals surface area contributed by atoms with E-state index in [1.165, 1.54) is 25.7 Å². The smallest absolute Gasteiger partial charge is 0.265 e. The molecule has 158 valence electrons. The van der Waals surface area contributed by atoms with Crippen LogP contribution in [0.15, 0.2) is 53.8 Å². The third-order valence-electron chi connectivity index (χ3n) is 4.29. The first kappa shape index (κ1) is 21.7. The molecule has 0 aliphatic rings. The lowest BCUT2D eigenvalue weighted by molar-refractivity contribution is 0.0811. The van der Waals surface area contributed by atoms with Gasteiger partial charge in [0, 0.05) is 24.4 Å². The number of pyridine rings is 1. The van der Waals surface area contributed by atoms with Gasteiger partial charge in [0.25, 0.3) is 15.9 Å². The van der Waals surface area contributed by atoms with Gasteiger partial charge in [-0.25, -0.2) is 18.4 Å². The van der Waals surface area contributed by atoms with E-state index in [1.54, 1.807) is 26.8 Å². The van der Waals surface area contributed by atoms with Gasteiger partial charge in [-0.05, 0) is 38.0 Å². The van der Waals surface area contributed by atoms with Crippen molar-refractivity contribution in [2.45, 2.75) is 37.7 Å². The summed E-state index contributed by atoms with van der Waals surface area (Å²) in [6, 6.07) is 9.00. The predicted molar refractivity (Wildman–Crippen MR) is 114 cm³/mol. The van der Waals surface area contributed by atoms with Gasteiger partial charge in [0.05, 0.1) is 24.6 Å². The number of anilines is 1. The van der Waals surface area contributed by atoms with Gasteiger partial charge in [-0.2, -0.15) is 0 Å². The number of aliphatic hydroxyl groups is 1. The molecule has 0 aliphatic heterocycles. The first-order valence-electron chi connectivity index (χ1n) is 9.26. The van der Waals surface area contributed by atoms with Gasteiger partial charge in [-0.3, -0.25) is 9.71 Å². The summed E-state index contributed by atoms with van der Waals surface area (Å²) in [6.45, 7) is 5.14. The van der Waals surface area contributed by atoms with E-state index >= 15 is 0 Å². The number of ether oxygens (including phenoxy) is 1. The Bertz CT molecular complexity index is 1160. The Morgan fingerprint density at radius 3 is 2.57 bits per heavy atom. The van der Waals surface area contributed by atoms with E-state index in [4.69, 9.17) is 4.74 Å². The molecular weight excluding hydrogens is 404 g/mol. The van der Waals surface area contributed by atoms with E-state index in [0.717, 1.165) is 5.56 Å². The molecule has 3 aromatic rings. The van der Waals surface area contributed by atoms with Crippen molar-refractivity contribution >= 4 is 15.8 Å². The topological polar surface area (TPSA) is 114 Å². The summed E-state index contributed by atoms with van der Waals surface area (Å²) in [4.78, 5) is 12.2. The molecule has 0 amide bonds. The monoisotopic (exact) mass is 428 g/mol. The van der Waals surface area contributed by atoms with Gasteiger partial charge in [0.2, 0.25) is 5.82 Å². The Hall–Kier alpha value is -3.04. The van der Waals surface area contributed by atoms with E-state index in [1.807, 2.05) is 24.3 Å². The fraction of sp³-hybridized carbons (Fsp3) is 0.286. The molecule has 0 atom stereocenters. The fourth-order valence-corrected chi connectivity index (χ4v) is 4.24. The number of benzene rings is 1. The lowest BCUT2D eigenvalue weighted by atomic mass is 9.92. The Morgan fingerprint density at radius 2 is 1.87 bits per heavy atom. The number of methoxy groups -OCH3 is 1. The summed E-state index contributed by atoms with van der Waals surface area (Å²) in [5.41, 5.74) is 1.63. The molecule has 2 N–H and O–H groups in total. The third kappa shape index (κ3) is 4.92. The Labute approximate surface area is 176 Å². The molecule has 9 heteroatoms. The quantitative estimate of drug-likeness (QED) is 0.594. The number of hydrogen-bond acceptors (Lipinski definition) is 7. The minimum Gasteiger partial charge on any atom is -0.478 e. The minimum absolute atomic E-state index is 0.0114. The van der Waals surface area contributed by atoms with Crippen molar-refractivity contribution in [1.82, 2.24) is 15.0 Å². The molecule has 30 heavy (non-hydrogen) atoms. The highest BCUT2D eigenvalue weighted by atomic mass is 32.2. The van der Waals surface area contributed by atoms with Crippen molar-refractivity contribution in [3.8, 4) is 17.0 Å². The Balaban J connectivity index is 2.09. The SMILES string of the molecule is COc1nc(C)cnc1NS(=O)(=O)c1cnccc1-c1ccccc1CC(C)(C)O. The molecule has 0 spiro atoms. The predicted octanol–water partition coefficient (Wildman–Crippen LogP) is 2.97. The van der Waals surface area contributed by atoms with Crippen LogP contribution >= 0.6 is 0 Å². The maximum absolute atomic E-state index is 13.2. The number of aryl methyl sites for hydroxylation is 1. The van der Waals surface area contributed by atoms with E-state index in [2.05, 4.69) is 19.7 Å². The van der Waals surface area contributed by atoms with Crippen LogP contribution in [-0.2, 0) is 16.4 Å². The van der Waals surface area contributed by atoms with E-state index in [-0.39, 0.29) is 16.6 Å². The van der Waals surface area contributed by atoms with Crippen LogP contribution in [0.2, 0.25) is 0 Å². The van der Waals surface area contributed by atoms with Crippen molar-refractivity contribution in [3.63, 3.8) is 0 Å². The molecular formula is C21H24N4O4S. The van der Waals surface area contributed by atoms with Crippen molar-refractivity contribution in [1.29, 1.82) is 0 Å². The highest BCUT2D eigenvalue weighted by molar-refractivity contribution is 7.92. The molecule has 0 fully saturated rings. The molecule has 1 aromatic carbocycles. The number of rotatable bonds is 7. The van der Waals surface area contributed by atoms with Crippen molar-refractivity contribution in [3.05, 3.63) is 60.2 Å². The Morgan fingerprint density at radius 1 is 1.13 bits per heavy atom. The summed E-state index contributed by atoms with van der Waals surface area (Å²) in [7, 11) is -2.66. The minimum atomic E-state index is -4.06. The molecule has 2 heterocycles. The second kappa shape index (κ2) is 8.37. The van der Waals surface area contributed by atoms with E-state index < -0.39 is 15.6 Å². The molecule has 0 saturated heterocycles. The summed E-state index contributed by atoms with van der Waals surface area (Å²) in [5, 5.41) is 10.3. The molecule has 0 radical (unpaired) electrons.